The lowest BCUT2D eigenvalue weighted by molar-refractivity contribution is -0.204. The van der Waals surface area contributed by atoms with E-state index in [1.165, 1.54) is 0 Å². The van der Waals surface area contributed by atoms with Gasteiger partial charge in [-0.05, 0) is 18.9 Å². The van der Waals surface area contributed by atoms with Crippen molar-refractivity contribution >= 4 is 5.91 Å². The normalized spacial score (nSPS) is 27.6. The zero-order chi connectivity index (χ0) is 15.4. The molecule has 1 aromatic rings. The first kappa shape index (κ1) is 15.3. The second-order valence-corrected chi connectivity index (χ2v) is 5.48. The van der Waals surface area contributed by atoms with Crippen LogP contribution in [0.5, 0.6) is 5.75 Å². The van der Waals surface area contributed by atoms with Crippen LogP contribution in [0.25, 0.3) is 0 Å². The van der Waals surface area contributed by atoms with Crippen molar-refractivity contribution in [1.29, 1.82) is 0 Å². The maximum absolute atomic E-state index is 12.2. The summed E-state index contributed by atoms with van der Waals surface area (Å²) < 4.78 is 16.6. The van der Waals surface area contributed by atoms with E-state index in [1.54, 1.807) is 7.11 Å². The number of para-hydroxylation sites is 1. The average Bonchev–Trinajstić information content (AvgIpc) is 2.59. The summed E-state index contributed by atoms with van der Waals surface area (Å²) in [6.45, 7) is 0.666. The molecular formula is C16H21NO5. The summed E-state index contributed by atoms with van der Waals surface area (Å²) in [4.78, 5) is 17.6. The summed E-state index contributed by atoms with van der Waals surface area (Å²) in [5.74, 6) is 0.361. The van der Waals surface area contributed by atoms with Gasteiger partial charge in [0.25, 0.3) is 5.91 Å². The van der Waals surface area contributed by atoms with E-state index < -0.39 is 6.10 Å². The monoisotopic (exact) mass is 307 g/mol. The summed E-state index contributed by atoms with van der Waals surface area (Å²) >= 11 is 0. The minimum atomic E-state index is -0.636. The molecule has 0 saturated carbocycles. The molecular weight excluding hydrogens is 286 g/mol. The fourth-order valence-corrected chi connectivity index (χ4v) is 2.75. The molecule has 22 heavy (non-hydrogen) atoms. The third kappa shape index (κ3) is 3.40. The van der Waals surface area contributed by atoms with Crippen LogP contribution >= 0.6 is 0 Å². The van der Waals surface area contributed by atoms with Crippen molar-refractivity contribution in [2.45, 2.75) is 44.2 Å². The van der Waals surface area contributed by atoms with Crippen molar-refractivity contribution in [2.24, 2.45) is 0 Å². The highest BCUT2D eigenvalue weighted by molar-refractivity contribution is 5.80. The van der Waals surface area contributed by atoms with Gasteiger partial charge < -0.3 is 14.2 Å². The second-order valence-electron chi connectivity index (χ2n) is 5.48. The number of hydrogen-bond acceptors (Lipinski definition) is 5. The summed E-state index contributed by atoms with van der Waals surface area (Å²) in [5.41, 5.74) is 3.42. The number of rotatable bonds is 4. The Bertz CT molecular complexity index is 515. The molecule has 1 amide bonds. The number of carbonyl (C=O) groups excluding carboxylic acids is 1. The summed E-state index contributed by atoms with van der Waals surface area (Å²) in [6, 6.07) is 7.59. The molecule has 1 unspecified atom stereocenters. The highest BCUT2D eigenvalue weighted by Crippen LogP contribution is 2.36. The molecule has 120 valence electrons. The molecule has 1 N–H and O–H groups in total. The van der Waals surface area contributed by atoms with Gasteiger partial charge in [0.1, 0.15) is 5.75 Å². The smallest absolute Gasteiger partial charge is 0.284 e. The van der Waals surface area contributed by atoms with Crippen LogP contribution in [-0.4, -0.2) is 32.0 Å². The lowest BCUT2D eigenvalue weighted by Crippen LogP contribution is -2.43. The van der Waals surface area contributed by atoms with Crippen molar-refractivity contribution in [3.05, 3.63) is 29.8 Å². The van der Waals surface area contributed by atoms with Gasteiger partial charge >= 0.3 is 0 Å². The van der Waals surface area contributed by atoms with E-state index in [9.17, 15) is 4.79 Å². The largest absolute Gasteiger partial charge is 0.480 e. The van der Waals surface area contributed by atoms with Gasteiger partial charge in [0.05, 0.1) is 6.10 Å². The maximum atomic E-state index is 12.2. The Labute approximate surface area is 129 Å². The lowest BCUT2D eigenvalue weighted by atomic mass is 9.98. The summed E-state index contributed by atoms with van der Waals surface area (Å²) in [5, 5.41) is 0. The van der Waals surface area contributed by atoms with Gasteiger partial charge in [-0.1, -0.05) is 18.2 Å². The molecule has 0 spiro atoms. The van der Waals surface area contributed by atoms with Crippen molar-refractivity contribution < 1.29 is 23.8 Å². The number of amides is 1. The number of nitrogens with one attached hydrogen (secondary N) is 1. The van der Waals surface area contributed by atoms with Crippen LogP contribution in [0.3, 0.4) is 0 Å². The Kier molecular flexibility index (Phi) is 4.92. The van der Waals surface area contributed by atoms with E-state index in [4.69, 9.17) is 19.0 Å². The molecule has 0 bridgehead atoms. The third-order valence-corrected chi connectivity index (χ3v) is 3.97. The molecule has 2 aliphatic rings. The van der Waals surface area contributed by atoms with Gasteiger partial charge in [-0.25, -0.2) is 10.3 Å². The topological polar surface area (TPSA) is 66.0 Å². The molecule has 6 nitrogen and oxygen atoms in total. The van der Waals surface area contributed by atoms with Gasteiger partial charge in [-0.15, -0.1) is 0 Å². The maximum Gasteiger partial charge on any atom is 0.284 e. The minimum absolute atomic E-state index is 0.161. The standard InChI is InChI=1S/C16H21NO5/c1-19-13-10-14(21-12-7-3-2-6-11(12)13)16(18)17-22-15-8-4-5-9-20-15/h2-3,6-7,13-15H,4-5,8-10H2,1H3,(H,17,18)/t13-,14+,15?/m1/s1. The molecule has 1 saturated heterocycles. The first-order chi connectivity index (χ1) is 10.8. The molecule has 2 aliphatic heterocycles. The van der Waals surface area contributed by atoms with Gasteiger partial charge in [0.2, 0.25) is 0 Å². The Morgan fingerprint density at radius 1 is 1.32 bits per heavy atom. The Balaban J connectivity index is 1.59. The zero-order valence-corrected chi connectivity index (χ0v) is 12.6. The quantitative estimate of drug-likeness (QED) is 0.863. The lowest BCUT2D eigenvalue weighted by Gasteiger charge is -2.31. The van der Waals surface area contributed by atoms with E-state index in [-0.39, 0.29) is 18.3 Å². The Morgan fingerprint density at radius 2 is 2.18 bits per heavy atom. The highest BCUT2D eigenvalue weighted by atomic mass is 16.8. The van der Waals surface area contributed by atoms with Gasteiger partial charge in [-0.2, -0.15) is 0 Å². The molecule has 1 fully saturated rings. The first-order valence-electron chi connectivity index (χ1n) is 7.63. The first-order valence-corrected chi connectivity index (χ1v) is 7.63. The molecule has 0 radical (unpaired) electrons. The molecule has 6 heteroatoms. The van der Waals surface area contributed by atoms with Crippen LogP contribution in [0, 0.1) is 0 Å². The average molecular weight is 307 g/mol. The van der Waals surface area contributed by atoms with E-state index >= 15 is 0 Å². The van der Waals surface area contributed by atoms with Gasteiger partial charge in [-0.3, -0.25) is 4.79 Å². The number of fused-ring (bicyclic) bond motifs is 1. The fraction of sp³-hybridized carbons (Fsp3) is 0.562. The number of ether oxygens (including phenoxy) is 3. The van der Waals surface area contributed by atoms with Crippen LogP contribution in [0.15, 0.2) is 24.3 Å². The van der Waals surface area contributed by atoms with Crippen LogP contribution < -0.4 is 10.2 Å². The van der Waals surface area contributed by atoms with E-state index in [0.29, 0.717) is 18.8 Å². The summed E-state index contributed by atoms with van der Waals surface area (Å²) in [7, 11) is 1.63. The molecule has 0 aliphatic carbocycles. The number of carbonyl (C=O) groups is 1. The minimum Gasteiger partial charge on any atom is -0.480 e. The Morgan fingerprint density at radius 3 is 2.95 bits per heavy atom. The number of hydroxylamine groups is 1. The van der Waals surface area contributed by atoms with E-state index in [1.807, 2.05) is 24.3 Å². The predicted octanol–water partition coefficient (Wildman–Crippen LogP) is 2.10. The molecule has 1 aromatic carbocycles. The molecule has 0 aromatic heterocycles. The number of methoxy groups -OCH3 is 1. The molecule has 2 heterocycles. The zero-order valence-electron chi connectivity index (χ0n) is 12.6. The molecule has 3 rings (SSSR count). The van der Waals surface area contributed by atoms with Crippen molar-refractivity contribution in [1.82, 2.24) is 5.48 Å². The van der Waals surface area contributed by atoms with Crippen molar-refractivity contribution in [3.63, 3.8) is 0 Å². The highest BCUT2D eigenvalue weighted by Gasteiger charge is 2.33. The third-order valence-electron chi connectivity index (χ3n) is 3.97. The van der Waals surface area contributed by atoms with E-state index in [0.717, 1.165) is 24.8 Å². The predicted molar refractivity (Wildman–Crippen MR) is 78.0 cm³/mol. The van der Waals surface area contributed by atoms with Crippen molar-refractivity contribution in [3.8, 4) is 5.75 Å². The molecule has 3 atom stereocenters. The van der Waals surface area contributed by atoms with Gasteiger partial charge in [0, 0.05) is 32.1 Å². The number of benzene rings is 1. The van der Waals surface area contributed by atoms with Crippen LogP contribution in [0.2, 0.25) is 0 Å². The van der Waals surface area contributed by atoms with E-state index in [2.05, 4.69) is 5.48 Å². The van der Waals surface area contributed by atoms with Crippen molar-refractivity contribution in [2.75, 3.05) is 13.7 Å². The number of hydrogen-bond donors (Lipinski definition) is 1. The Hall–Kier alpha value is -1.63. The summed E-state index contributed by atoms with van der Waals surface area (Å²) in [6.07, 6.45) is 2.15. The SMILES string of the molecule is CO[C@@H]1C[C@@H](C(=O)NOC2CCCCO2)Oc2ccccc21. The van der Waals surface area contributed by atoms with Crippen LogP contribution in [0.1, 0.15) is 37.4 Å². The second kappa shape index (κ2) is 7.09. The fourth-order valence-electron chi connectivity index (χ4n) is 2.75. The van der Waals surface area contributed by atoms with Crippen LogP contribution in [0.4, 0.5) is 0 Å². The van der Waals surface area contributed by atoms with Gasteiger partial charge in [0.15, 0.2) is 12.4 Å². The van der Waals surface area contributed by atoms with Crippen LogP contribution in [-0.2, 0) is 19.1 Å².